The van der Waals surface area contributed by atoms with Crippen molar-refractivity contribution in [3.05, 3.63) is 215 Å². The number of rotatable bonds is 35. The molecular weight excluding hydrogens is 1130 g/mol. The highest BCUT2D eigenvalue weighted by Gasteiger charge is 2.37. The summed E-state index contributed by atoms with van der Waals surface area (Å²) in [6, 6.07) is 48.6. The SMILES string of the molecule is O=C(CC(CC(=O)OCc1ccccc1)N(CCOCCOCCN(C(CC(=O)OCc1ccccc1)CC(=O)OCc1ccccc1)S(=O)(=O)NC(=O)OCc1ccccc1)S(=O)(=O)NC(=O)OCc1ccccc1)OCc1ccccc1. The lowest BCUT2D eigenvalue weighted by Crippen LogP contribution is -2.51. The Morgan fingerprint density at radius 2 is 0.536 bits per heavy atom. The van der Waals surface area contributed by atoms with Gasteiger partial charge in [0.2, 0.25) is 0 Å². The van der Waals surface area contributed by atoms with Crippen molar-refractivity contribution in [3.63, 3.8) is 0 Å². The van der Waals surface area contributed by atoms with E-state index in [9.17, 15) is 45.6 Å². The first kappa shape index (κ1) is 64.6. The van der Waals surface area contributed by atoms with Crippen LogP contribution in [0.3, 0.4) is 0 Å². The Bertz CT molecular complexity index is 2880. The highest BCUT2D eigenvalue weighted by Crippen LogP contribution is 2.20. The minimum Gasteiger partial charge on any atom is -0.461 e. The summed E-state index contributed by atoms with van der Waals surface area (Å²) in [6.07, 6.45) is -5.42. The molecule has 6 rings (SSSR count). The molecule has 2 amide bonds. The number of nitrogens with zero attached hydrogens (tertiary/aromatic N) is 2. The summed E-state index contributed by atoms with van der Waals surface area (Å²) >= 11 is 0. The first-order valence-corrected chi connectivity index (χ1v) is 29.4. The molecule has 0 unspecified atom stereocenters. The average molecular weight is 1200 g/mol. The molecule has 0 saturated carbocycles. The summed E-state index contributed by atoms with van der Waals surface area (Å²) in [5, 5.41) is 0. The lowest BCUT2D eigenvalue weighted by molar-refractivity contribution is -0.150. The third-order valence-corrected chi connectivity index (χ3v) is 15.2. The predicted molar refractivity (Wildman–Crippen MR) is 303 cm³/mol. The molecule has 22 nitrogen and oxygen atoms in total. The third kappa shape index (κ3) is 24.1. The van der Waals surface area contributed by atoms with Crippen LogP contribution in [0.25, 0.3) is 0 Å². The van der Waals surface area contributed by atoms with Crippen LogP contribution >= 0.6 is 0 Å². The van der Waals surface area contributed by atoms with Crippen LogP contribution in [-0.4, -0.2) is 113 Å². The molecule has 84 heavy (non-hydrogen) atoms. The van der Waals surface area contributed by atoms with Gasteiger partial charge in [-0.25, -0.2) is 19.0 Å². The maximum Gasteiger partial charge on any atom is 0.422 e. The second-order valence-corrected chi connectivity index (χ2v) is 21.7. The molecule has 0 radical (unpaired) electrons. The second-order valence-electron chi connectivity index (χ2n) is 18.5. The zero-order chi connectivity index (χ0) is 59.8. The quantitative estimate of drug-likeness (QED) is 0.0225. The molecule has 6 aromatic rings. The first-order valence-electron chi connectivity index (χ1n) is 26.6. The lowest BCUT2D eigenvalue weighted by Gasteiger charge is -2.30. The highest BCUT2D eigenvalue weighted by molar-refractivity contribution is 7.88. The Morgan fingerprint density at radius 3 is 0.762 bits per heavy atom. The van der Waals surface area contributed by atoms with Gasteiger partial charge in [0.25, 0.3) is 0 Å². The van der Waals surface area contributed by atoms with E-state index in [1.54, 1.807) is 182 Å². The number of esters is 4. The second kappa shape index (κ2) is 34.8. The van der Waals surface area contributed by atoms with Crippen LogP contribution in [0.2, 0.25) is 0 Å². The topological polar surface area (TPSA) is 275 Å². The fraction of sp³-hybridized carbons (Fsp3) is 0.300. The van der Waals surface area contributed by atoms with E-state index in [0.717, 1.165) is 0 Å². The molecule has 0 aliphatic carbocycles. The molecule has 0 heterocycles. The van der Waals surface area contributed by atoms with Gasteiger partial charge >= 0.3 is 56.5 Å². The number of nitrogens with one attached hydrogen (secondary N) is 2. The summed E-state index contributed by atoms with van der Waals surface area (Å²) in [5.74, 6) is -3.53. The van der Waals surface area contributed by atoms with Crippen molar-refractivity contribution >= 4 is 56.5 Å². The van der Waals surface area contributed by atoms with Gasteiger partial charge in [0.1, 0.15) is 39.6 Å². The van der Waals surface area contributed by atoms with Gasteiger partial charge in [0, 0.05) is 25.2 Å². The van der Waals surface area contributed by atoms with Crippen LogP contribution in [0.5, 0.6) is 0 Å². The summed E-state index contributed by atoms with van der Waals surface area (Å²) in [6.45, 7) is -3.78. The largest absolute Gasteiger partial charge is 0.461 e. The Hall–Kier alpha value is -8.52. The number of hydrogen-bond acceptors (Lipinski definition) is 18. The third-order valence-electron chi connectivity index (χ3n) is 12.1. The number of hydrogen-bond donors (Lipinski definition) is 2. The summed E-state index contributed by atoms with van der Waals surface area (Å²) in [5.41, 5.74) is 3.65. The minimum absolute atomic E-state index is 0.171. The molecule has 446 valence electrons. The zero-order valence-corrected chi connectivity index (χ0v) is 47.5. The van der Waals surface area contributed by atoms with Crippen LogP contribution in [0.4, 0.5) is 9.59 Å². The molecular formula is C60H66N4O18S2. The van der Waals surface area contributed by atoms with E-state index in [4.69, 9.17) is 37.9 Å². The van der Waals surface area contributed by atoms with Gasteiger partial charge < -0.3 is 37.9 Å². The first-order chi connectivity index (χ1) is 40.6. The molecule has 0 spiro atoms. The Labute approximate surface area is 488 Å². The normalized spacial score (nSPS) is 11.4. The van der Waals surface area contributed by atoms with Gasteiger partial charge in [0.15, 0.2) is 0 Å². The van der Waals surface area contributed by atoms with Gasteiger partial charge in [-0.1, -0.05) is 182 Å². The fourth-order valence-corrected chi connectivity index (χ4v) is 10.5. The van der Waals surface area contributed by atoms with Gasteiger partial charge in [-0.15, -0.1) is 0 Å². The molecule has 0 saturated heterocycles. The van der Waals surface area contributed by atoms with E-state index in [1.165, 1.54) is 0 Å². The maximum absolute atomic E-state index is 14.2. The van der Waals surface area contributed by atoms with E-state index in [1.807, 2.05) is 9.44 Å². The lowest BCUT2D eigenvalue weighted by atomic mass is 10.1. The Balaban J connectivity index is 1.15. The van der Waals surface area contributed by atoms with Crippen molar-refractivity contribution in [3.8, 4) is 0 Å². The van der Waals surface area contributed by atoms with E-state index in [-0.39, 0.29) is 52.9 Å². The van der Waals surface area contributed by atoms with Crippen LogP contribution < -0.4 is 9.44 Å². The van der Waals surface area contributed by atoms with Crippen molar-refractivity contribution in [1.82, 2.24) is 18.1 Å². The predicted octanol–water partition coefficient (Wildman–Crippen LogP) is 7.24. The molecule has 0 fully saturated rings. The van der Waals surface area contributed by atoms with E-state index >= 15 is 0 Å². The summed E-state index contributed by atoms with van der Waals surface area (Å²) < 4.78 is 106. The van der Waals surface area contributed by atoms with Gasteiger partial charge in [-0.2, -0.15) is 25.4 Å². The summed E-state index contributed by atoms with van der Waals surface area (Å²) in [4.78, 5) is 80.0. The minimum atomic E-state index is -4.95. The van der Waals surface area contributed by atoms with Crippen molar-refractivity contribution in [1.29, 1.82) is 0 Å². The Morgan fingerprint density at radius 1 is 0.321 bits per heavy atom. The van der Waals surface area contributed by atoms with Crippen LogP contribution in [0, 0.1) is 0 Å². The number of amides is 2. The zero-order valence-electron chi connectivity index (χ0n) is 45.8. The van der Waals surface area contributed by atoms with E-state index < -0.39 is 121 Å². The number of benzene rings is 6. The summed E-state index contributed by atoms with van der Waals surface area (Å²) in [7, 11) is -9.90. The molecule has 0 aliphatic rings. The van der Waals surface area contributed by atoms with Gasteiger partial charge in [-0.3, -0.25) is 19.2 Å². The highest BCUT2D eigenvalue weighted by atomic mass is 32.2. The molecule has 0 aliphatic heterocycles. The van der Waals surface area contributed by atoms with E-state index in [2.05, 4.69) is 0 Å². The average Bonchev–Trinajstić information content (AvgIpc) is 3.67. The molecule has 6 aromatic carbocycles. The van der Waals surface area contributed by atoms with Crippen molar-refractivity contribution in [2.45, 2.75) is 77.4 Å². The number of ether oxygens (including phenoxy) is 8. The molecule has 0 aromatic heterocycles. The van der Waals surface area contributed by atoms with Crippen molar-refractivity contribution in [2.75, 3.05) is 39.5 Å². The van der Waals surface area contributed by atoms with Crippen LogP contribution in [0.1, 0.15) is 59.1 Å². The maximum atomic E-state index is 14.2. The smallest absolute Gasteiger partial charge is 0.422 e. The Kier molecular flexibility index (Phi) is 26.8. The standard InChI is InChI=1S/C60H66N4O18S2/c65-55(77-41-47-19-7-1-8-20-47)37-53(38-56(66)78-42-48-21-9-2-10-22-48)63(83(71,72)61-59(69)81-45-51-27-15-5-16-28-51)31-33-75-35-36-76-34-32-64(84(73,74)62-60(70)82-46-52-29-17-6-18-30-52)54(39-57(67)79-43-49-23-11-3-12-24-49)40-58(68)80-44-50-25-13-4-14-26-50/h1-30,53-54H,31-46H2,(H,61,69)(H,62,70). The number of carbonyl (C=O) groups is 6. The van der Waals surface area contributed by atoms with Gasteiger partial charge in [0.05, 0.1) is 52.1 Å². The number of carbonyl (C=O) groups excluding carboxylic acids is 6. The van der Waals surface area contributed by atoms with Gasteiger partial charge in [-0.05, 0) is 33.4 Å². The molecule has 24 heteroatoms. The monoisotopic (exact) mass is 1190 g/mol. The van der Waals surface area contributed by atoms with Crippen molar-refractivity contribution in [2.24, 2.45) is 0 Å². The van der Waals surface area contributed by atoms with Crippen molar-refractivity contribution < 1.29 is 83.5 Å². The van der Waals surface area contributed by atoms with Crippen LogP contribution in [-0.2, 0) is 117 Å². The van der Waals surface area contributed by atoms with Crippen LogP contribution in [0.15, 0.2) is 182 Å². The molecule has 0 atom stereocenters. The molecule has 2 N–H and O–H groups in total. The molecule has 0 bridgehead atoms. The van der Waals surface area contributed by atoms with E-state index in [0.29, 0.717) is 42.0 Å². The fourth-order valence-electron chi connectivity index (χ4n) is 7.97.